The summed E-state index contributed by atoms with van der Waals surface area (Å²) in [6.45, 7) is 0. The van der Waals surface area contributed by atoms with Crippen molar-refractivity contribution in [3.8, 4) is 0 Å². The number of hydrazine groups is 1. The van der Waals surface area contributed by atoms with Crippen LogP contribution in [0.1, 0.15) is 23.0 Å². The third kappa shape index (κ3) is 2.49. The van der Waals surface area contributed by atoms with Crippen molar-refractivity contribution in [1.82, 2.24) is 15.2 Å². The van der Waals surface area contributed by atoms with Crippen molar-refractivity contribution in [1.29, 1.82) is 0 Å². The molecule has 16 heavy (non-hydrogen) atoms. The van der Waals surface area contributed by atoms with Crippen LogP contribution in [-0.4, -0.2) is 9.78 Å². The van der Waals surface area contributed by atoms with Gasteiger partial charge in [0.05, 0.1) is 11.7 Å². The topological polar surface area (TPSA) is 55.9 Å². The smallest absolute Gasteiger partial charge is 0.0632 e. The predicted octanol–water partition coefficient (Wildman–Crippen LogP) is 1.62. The summed E-state index contributed by atoms with van der Waals surface area (Å²) in [5.41, 5.74) is 3.98. The Morgan fingerprint density at radius 3 is 3.00 bits per heavy atom. The molecule has 86 valence electrons. The molecular formula is C11H16N4S. The zero-order chi connectivity index (χ0) is 11.4. The van der Waals surface area contributed by atoms with Gasteiger partial charge in [0.15, 0.2) is 0 Å². The average molecular weight is 236 g/mol. The van der Waals surface area contributed by atoms with Crippen LogP contribution in [0.2, 0.25) is 0 Å². The molecule has 5 heteroatoms. The van der Waals surface area contributed by atoms with Crippen LogP contribution < -0.4 is 11.3 Å². The van der Waals surface area contributed by atoms with E-state index in [1.165, 1.54) is 4.88 Å². The molecule has 1 unspecified atom stereocenters. The Labute approximate surface area is 99.1 Å². The average Bonchev–Trinajstić information content (AvgIpc) is 2.92. The zero-order valence-corrected chi connectivity index (χ0v) is 10.1. The van der Waals surface area contributed by atoms with E-state index in [1.807, 2.05) is 17.8 Å². The Morgan fingerprint density at radius 1 is 1.56 bits per heavy atom. The van der Waals surface area contributed by atoms with Crippen molar-refractivity contribution >= 4 is 11.3 Å². The predicted molar refractivity (Wildman–Crippen MR) is 65.9 cm³/mol. The molecule has 2 heterocycles. The maximum atomic E-state index is 5.58. The van der Waals surface area contributed by atoms with Crippen molar-refractivity contribution in [2.75, 3.05) is 0 Å². The van der Waals surface area contributed by atoms with Gasteiger partial charge < -0.3 is 0 Å². The molecule has 0 saturated heterocycles. The van der Waals surface area contributed by atoms with E-state index in [0.717, 1.165) is 18.5 Å². The summed E-state index contributed by atoms with van der Waals surface area (Å²) >= 11 is 1.79. The van der Waals surface area contributed by atoms with E-state index < -0.39 is 0 Å². The largest absolute Gasteiger partial charge is 0.271 e. The van der Waals surface area contributed by atoms with Gasteiger partial charge in [0.2, 0.25) is 0 Å². The number of rotatable bonds is 5. The van der Waals surface area contributed by atoms with Crippen LogP contribution in [0.25, 0.3) is 0 Å². The lowest BCUT2D eigenvalue weighted by Gasteiger charge is -2.15. The lowest BCUT2D eigenvalue weighted by atomic mass is 10.1. The monoisotopic (exact) mass is 236 g/mol. The van der Waals surface area contributed by atoms with Gasteiger partial charge in [0, 0.05) is 18.1 Å². The first-order chi connectivity index (χ1) is 7.81. The van der Waals surface area contributed by atoms with Gasteiger partial charge >= 0.3 is 0 Å². The van der Waals surface area contributed by atoms with Gasteiger partial charge in [-0.25, -0.2) is 0 Å². The SMILES string of the molecule is Cn1nccc1C(CCc1cccs1)NN. The molecule has 2 rings (SSSR count). The van der Waals surface area contributed by atoms with Crippen LogP contribution in [0.5, 0.6) is 0 Å². The number of hydrogen-bond donors (Lipinski definition) is 2. The van der Waals surface area contributed by atoms with E-state index in [0.29, 0.717) is 0 Å². The number of aryl methyl sites for hydroxylation is 2. The number of nitrogens with two attached hydrogens (primary N) is 1. The van der Waals surface area contributed by atoms with Crippen molar-refractivity contribution in [2.45, 2.75) is 18.9 Å². The molecule has 0 aliphatic heterocycles. The fraction of sp³-hybridized carbons (Fsp3) is 0.364. The minimum Gasteiger partial charge on any atom is -0.271 e. The second-order valence-electron chi connectivity index (χ2n) is 3.72. The Hall–Kier alpha value is -1.17. The Bertz CT molecular complexity index is 421. The first kappa shape index (κ1) is 11.3. The number of aromatic nitrogens is 2. The molecule has 0 aromatic carbocycles. The summed E-state index contributed by atoms with van der Waals surface area (Å²) in [7, 11) is 1.94. The van der Waals surface area contributed by atoms with Crippen LogP contribution in [0.3, 0.4) is 0 Å². The number of nitrogens with zero attached hydrogens (tertiary/aromatic N) is 2. The molecule has 0 radical (unpaired) electrons. The normalized spacial score (nSPS) is 12.9. The summed E-state index contributed by atoms with van der Waals surface area (Å²) in [6, 6.07) is 6.39. The van der Waals surface area contributed by atoms with Gasteiger partial charge in [-0.2, -0.15) is 5.10 Å². The van der Waals surface area contributed by atoms with Crippen molar-refractivity contribution in [3.63, 3.8) is 0 Å². The molecule has 0 fully saturated rings. The quantitative estimate of drug-likeness (QED) is 0.612. The highest BCUT2D eigenvalue weighted by atomic mass is 32.1. The fourth-order valence-electron chi connectivity index (χ4n) is 1.78. The van der Waals surface area contributed by atoms with Crippen LogP contribution in [-0.2, 0) is 13.5 Å². The van der Waals surface area contributed by atoms with E-state index in [9.17, 15) is 0 Å². The van der Waals surface area contributed by atoms with Crippen molar-refractivity contribution < 1.29 is 0 Å². The molecule has 2 aromatic heterocycles. The van der Waals surface area contributed by atoms with Crippen LogP contribution >= 0.6 is 11.3 Å². The Balaban J connectivity index is 1.99. The van der Waals surface area contributed by atoms with E-state index in [1.54, 1.807) is 17.5 Å². The molecule has 1 atom stereocenters. The summed E-state index contributed by atoms with van der Waals surface area (Å²) in [4.78, 5) is 1.39. The third-order valence-corrected chi connectivity index (χ3v) is 3.61. The molecule has 0 aliphatic rings. The standard InChI is InChI=1S/C11H16N4S/c1-15-11(6-7-13-15)10(14-12)5-4-9-3-2-8-16-9/h2-3,6-8,10,14H,4-5,12H2,1H3. The number of hydrogen-bond acceptors (Lipinski definition) is 4. The fourth-order valence-corrected chi connectivity index (χ4v) is 2.51. The van der Waals surface area contributed by atoms with Gasteiger partial charge in [-0.3, -0.25) is 16.0 Å². The highest BCUT2D eigenvalue weighted by Gasteiger charge is 2.13. The summed E-state index contributed by atoms with van der Waals surface area (Å²) < 4.78 is 1.86. The first-order valence-corrected chi connectivity index (χ1v) is 6.15. The highest BCUT2D eigenvalue weighted by Crippen LogP contribution is 2.19. The Kier molecular flexibility index (Phi) is 3.71. The second-order valence-corrected chi connectivity index (χ2v) is 4.75. The van der Waals surface area contributed by atoms with Gasteiger partial charge in [0.1, 0.15) is 0 Å². The minimum atomic E-state index is 0.162. The minimum absolute atomic E-state index is 0.162. The van der Waals surface area contributed by atoms with Gasteiger partial charge in [0.25, 0.3) is 0 Å². The molecule has 4 nitrogen and oxygen atoms in total. The molecular weight excluding hydrogens is 220 g/mol. The maximum Gasteiger partial charge on any atom is 0.0632 e. The third-order valence-electron chi connectivity index (χ3n) is 2.68. The van der Waals surface area contributed by atoms with E-state index in [4.69, 9.17) is 5.84 Å². The molecule has 2 aromatic rings. The van der Waals surface area contributed by atoms with Crippen LogP contribution in [0.15, 0.2) is 29.8 Å². The van der Waals surface area contributed by atoms with Crippen LogP contribution in [0, 0.1) is 0 Å². The summed E-state index contributed by atoms with van der Waals surface area (Å²) in [5, 5.41) is 6.26. The lowest BCUT2D eigenvalue weighted by Crippen LogP contribution is -2.29. The lowest BCUT2D eigenvalue weighted by molar-refractivity contribution is 0.482. The zero-order valence-electron chi connectivity index (χ0n) is 9.26. The van der Waals surface area contributed by atoms with E-state index in [2.05, 4.69) is 28.0 Å². The summed E-state index contributed by atoms with van der Waals surface area (Å²) in [6.07, 6.45) is 3.82. The van der Waals surface area contributed by atoms with E-state index in [-0.39, 0.29) is 6.04 Å². The van der Waals surface area contributed by atoms with Gasteiger partial charge in [-0.15, -0.1) is 11.3 Å². The Morgan fingerprint density at radius 2 is 2.44 bits per heavy atom. The van der Waals surface area contributed by atoms with Crippen molar-refractivity contribution in [3.05, 3.63) is 40.3 Å². The van der Waals surface area contributed by atoms with Crippen LogP contribution in [0.4, 0.5) is 0 Å². The molecule has 0 saturated carbocycles. The summed E-state index contributed by atoms with van der Waals surface area (Å²) in [5.74, 6) is 5.58. The molecule has 0 bridgehead atoms. The van der Waals surface area contributed by atoms with Gasteiger partial charge in [-0.1, -0.05) is 6.07 Å². The molecule has 0 aliphatic carbocycles. The first-order valence-electron chi connectivity index (χ1n) is 5.27. The van der Waals surface area contributed by atoms with Crippen molar-refractivity contribution in [2.24, 2.45) is 12.9 Å². The number of nitrogens with one attached hydrogen (secondary N) is 1. The highest BCUT2D eigenvalue weighted by molar-refractivity contribution is 7.09. The molecule has 3 N–H and O–H groups in total. The van der Waals surface area contributed by atoms with Gasteiger partial charge in [-0.05, 0) is 30.4 Å². The molecule has 0 spiro atoms. The van der Waals surface area contributed by atoms with E-state index >= 15 is 0 Å². The number of thiophene rings is 1. The second kappa shape index (κ2) is 5.25. The molecule has 0 amide bonds. The maximum absolute atomic E-state index is 5.58.